The Kier molecular flexibility index (Phi) is 6.62. The molecule has 0 bridgehead atoms. The molecule has 1 aromatic heterocycles. The van der Waals surface area contributed by atoms with Crippen LogP contribution in [0.1, 0.15) is 5.56 Å². The van der Waals surface area contributed by atoms with Crippen molar-refractivity contribution in [3.8, 4) is 0 Å². The maximum atomic E-state index is 13.6. The van der Waals surface area contributed by atoms with Crippen LogP contribution >= 0.6 is 23.4 Å². The van der Waals surface area contributed by atoms with Gasteiger partial charge in [-0.1, -0.05) is 47.6 Å². The van der Waals surface area contributed by atoms with E-state index in [2.05, 4.69) is 20.6 Å². The molecule has 0 atom stereocenters. The van der Waals surface area contributed by atoms with Crippen LogP contribution in [0.25, 0.3) is 0 Å². The van der Waals surface area contributed by atoms with Crippen molar-refractivity contribution in [3.63, 3.8) is 0 Å². The number of halogens is 2. The number of anilines is 2. The minimum Gasteiger partial charge on any atom is -0.366 e. The number of carbonyl (C=O) groups excluding carboxylic acids is 1. The number of para-hydroxylation sites is 1. The van der Waals surface area contributed by atoms with Gasteiger partial charge in [0.25, 0.3) is 0 Å². The second-order valence-corrected chi connectivity index (χ2v) is 6.97. The molecule has 5 nitrogen and oxygen atoms in total. The Labute approximate surface area is 165 Å². The van der Waals surface area contributed by atoms with E-state index >= 15 is 0 Å². The van der Waals surface area contributed by atoms with Crippen molar-refractivity contribution in [1.82, 2.24) is 9.97 Å². The van der Waals surface area contributed by atoms with Gasteiger partial charge < -0.3 is 10.6 Å². The Bertz CT molecular complexity index is 924. The average molecular weight is 403 g/mol. The number of amides is 1. The van der Waals surface area contributed by atoms with Crippen LogP contribution in [-0.2, 0) is 11.3 Å². The molecule has 2 aromatic carbocycles. The van der Waals surface area contributed by atoms with Crippen molar-refractivity contribution in [2.75, 3.05) is 16.4 Å². The highest BCUT2D eigenvalue weighted by Gasteiger charge is 2.08. The lowest BCUT2D eigenvalue weighted by atomic mass is 10.2. The van der Waals surface area contributed by atoms with E-state index in [0.29, 0.717) is 22.4 Å². The van der Waals surface area contributed by atoms with Crippen molar-refractivity contribution >= 4 is 40.8 Å². The molecule has 0 aliphatic rings. The predicted octanol–water partition coefficient (Wildman–Crippen LogP) is 4.61. The van der Waals surface area contributed by atoms with Gasteiger partial charge in [-0.3, -0.25) is 4.79 Å². The van der Waals surface area contributed by atoms with Crippen LogP contribution in [0.3, 0.4) is 0 Å². The van der Waals surface area contributed by atoms with E-state index in [1.165, 1.54) is 30.2 Å². The molecule has 0 saturated carbocycles. The second-order valence-electron chi connectivity index (χ2n) is 5.54. The number of aromatic nitrogens is 2. The van der Waals surface area contributed by atoms with Crippen LogP contribution in [0.5, 0.6) is 0 Å². The molecular formula is C19H16ClFN4OS. The number of nitrogens with one attached hydrogen (secondary N) is 2. The molecule has 3 rings (SSSR count). The van der Waals surface area contributed by atoms with Gasteiger partial charge in [-0.05, 0) is 29.8 Å². The van der Waals surface area contributed by atoms with E-state index in [4.69, 9.17) is 11.6 Å². The van der Waals surface area contributed by atoms with Gasteiger partial charge in [0.05, 0.1) is 11.4 Å². The number of nitrogens with zero attached hydrogens (tertiary/aromatic N) is 2. The van der Waals surface area contributed by atoms with Crippen molar-refractivity contribution in [3.05, 3.63) is 77.3 Å². The van der Waals surface area contributed by atoms with Gasteiger partial charge in [-0.2, -0.15) is 0 Å². The highest BCUT2D eigenvalue weighted by molar-refractivity contribution is 7.99. The van der Waals surface area contributed by atoms with E-state index in [9.17, 15) is 9.18 Å². The molecule has 27 heavy (non-hydrogen) atoms. The first kappa shape index (κ1) is 19.1. The maximum Gasteiger partial charge on any atom is 0.234 e. The van der Waals surface area contributed by atoms with E-state index in [1.807, 2.05) is 24.3 Å². The summed E-state index contributed by atoms with van der Waals surface area (Å²) in [6.07, 6.45) is 1.43. The maximum absolute atomic E-state index is 13.6. The van der Waals surface area contributed by atoms with Crippen LogP contribution in [-0.4, -0.2) is 21.6 Å². The summed E-state index contributed by atoms with van der Waals surface area (Å²) >= 11 is 7.12. The topological polar surface area (TPSA) is 66.9 Å². The summed E-state index contributed by atoms with van der Waals surface area (Å²) in [7, 11) is 0. The number of benzene rings is 2. The molecule has 0 unspecified atom stereocenters. The summed E-state index contributed by atoms with van der Waals surface area (Å²) < 4.78 is 13.6. The summed E-state index contributed by atoms with van der Waals surface area (Å²) in [6.45, 7) is 0.589. The third-order valence-corrected chi connectivity index (χ3v) is 4.71. The van der Waals surface area contributed by atoms with Crippen LogP contribution in [0, 0.1) is 5.82 Å². The average Bonchev–Trinajstić information content (AvgIpc) is 2.68. The van der Waals surface area contributed by atoms with Gasteiger partial charge in [0.2, 0.25) is 5.91 Å². The van der Waals surface area contributed by atoms with Gasteiger partial charge in [0.1, 0.15) is 23.0 Å². The van der Waals surface area contributed by atoms with Crippen molar-refractivity contribution in [1.29, 1.82) is 0 Å². The Balaban J connectivity index is 1.52. The number of rotatable bonds is 7. The second kappa shape index (κ2) is 9.34. The van der Waals surface area contributed by atoms with Crippen LogP contribution in [0.15, 0.2) is 66.0 Å². The van der Waals surface area contributed by atoms with E-state index < -0.39 is 5.82 Å². The zero-order chi connectivity index (χ0) is 19.1. The molecule has 1 amide bonds. The fourth-order valence-corrected chi connectivity index (χ4v) is 2.99. The summed E-state index contributed by atoms with van der Waals surface area (Å²) in [6, 6.07) is 15.3. The Hall–Kier alpha value is -2.64. The fraction of sp³-hybridized carbons (Fsp3) is 0.105. The summed E-state index contributed by atoms with van der Waals surface area (Å²) in [5.41, 5.74) is 1.23. The van der Waals surface area contributed by atoms with Gasteiger partial charge >= 0.3 is 0 Å². The van der Waals surface area contributed by atoms with Gasteiger partial charge in [0.15, 0.2) is 0 Å². The summed E-state index contributed by atoms with van der Waals surface area (Å²) in [5.74, 6) is -0.00923. The molecule has 2 N–H and O–H groups in total. The first-order chi connectivity index (χ1) is 13.1. The highest BCUT2D eigenvalue weighted by atomic mass is 35.5. The van der Waals surface area contributed by atoms with E-state index in [1.54, 1.807) is 18.2 Å². The van der Waals surface area contributed by atoms with E-state index in [0.717, 1.165) is 5.56 Å². The lowest BCUT2D eigenvalue weighted by Gasteiger charge is -2.08. The minimum absolute atomic E-state index is 0.113. The Morgan fingerprint density at radius 2 is 1.89 bits per heavy atom. The molecule has 0 aliphatic heterocycles. The molecular weight excluding hydrogens is 387 g/mol. The quantitative estimate of drug-likeness (QED) is 0.446. The SMILES string of the molecule is O=C(CSc1cc(NCc2ccc(Cl)cc2)ncn1)Nc1ccccc1F. The van der Waals surface area contributed by atoms with Crippen LogP contribution < -0.4 is 10.6 Å². The predicted molar refractivity (Wildman–Crippen MR) is 107 cm³/mol. The molecule has 0 radical (unpaired) electrons. The number of carbonyl (C=O) groups is 1. The normalized spacial score (nSPS) is 10.4. The van der Waals surface area contributed by atoms with Crippen LogP contribution in [0.2, 0.25) is 5.02 Å². The third kappa shape index (κ3) is 5.94. The van der Waals surface area contributed by atoms with Crippen molar-refractivity contribution in [2.45, 2.75) is 11.6 Å². The number of hydrogen-bond donors (Lipinski definition) is 2. The lowest BCUT2D eigenvalue weighted by molar-refractivity contribution is -0.113. The molecule has 1 heterocycles. The lowest BCUT2D eigenvalue weighted by Crippen LogP contribution is -2.15. The molecule has 8 heteroatoms. The molecule has 0 fully saturated rings. The molecule has 0 spiro atoms. The smallest absolute Gasteiger partial charge is 0.234 e. The fourth-order valence-electron chi connectivity index (χ4n) is 2.20. The van der Waals surface area contributed by atoms with Gasteiger partial charge in [-0.15, -0.1) is 0 Å². The number of hydrogen-bond acceptors (Lipinski definition) is 5. The third-order valence-electron chi connectivity index (χ3n) is 3.53. The standard InChI is InChI=1S/C19H16ClFN4OS/c20-14-7-5-13(6-8-14)10-22-17-9-19(24-12-23-17)27-11-18(26)25-16-4-2-1-3-15(16)21/h1-9,12H,10-11H2,(H,25,26)(H,22,23,24). The largest absolute Gasteiger partial charge is 0.366 e. The van der Waals surface area contributed by atoms with Crippen LogP contribution in [0.4, 0.5) is 15.9 Å². The van der Waals surface area contributed by atoms with E-state index in [-0.39, 0.29) is 17.3 Å². The molecule has 0 saturated heterocycles. The van der Waals surface area contributed by atoms with Gasteiger partial charge in [0, 0.05) is 17.6 Å². The zero-order valence-electron chi connectivity index (χ0n) is 14.2. The highest BCUT2D eigenvalue weighted by Crippen LogP contribution is 2.19. The molecule has 3 aromatic rings. The van der Waals surface area contributed by atoms with Crippen molar-refractivity contribution in [2.24, 2.45) is 0 Å². The number of thioether (sulfide) groups is 1. The minimum atomic E-state index is -0.466. The first-order valence-corrected chi connectivity index (χ1v) is 9.44. The molecule has 0 aliphatic carbocycles. The summed E-state index contributed by atoms with van der Waals surface area (Å²) in [4.78, 5) is 20.3. The van der Waals surface area contributed by atoms with Gasteiger partial charge in [-0.25, -0.2) is 14.4 Å². The zero-order valence-corrected chi connectivity index (χ0v) is 15.7. The van der Waals surface area contributed by atoms with Crippen molar-refractivity contribution < 1.29 is 9.18 Å². The Morgan fingerprint density at radius 1 is 1.11 bits per heavy atom. The molecule has 138 valence electrons. The monoisotopic (exact) mass is 402 g/mol. The first-order valence-electron chi connectivity index (χ1n) is 8.08. The summed E-state index contributed by atoms with van der Waals surface area (Å²) in [5, 5.41) is 7.07. The Morgan fingerprint density at radius 3 is 2.67 bits per heavy atom.